The second-order valence-corrected chi connectivity index (χ2v) is 15.7. The summed E-state index contributed by atoms with van der Waals surface area (Å²) in [5.41, 5.74) is 2.46. The maximum atomic E-state index is 14.6. The second kappa shape index (κ2) is 14.3. The molecule has 11 heteroatoms. The van der Waals surface area contributed by atoms with Gasteiger partial charge < -0.3 is 5.32 Å². The van der Waals surface area contributed by atoms with Gasteiger partial charge in [0, 0.05) is 50.8 Å². The Morgan fingerprint density at radius 2 is 1.60 bits per heavy atom. The minimum Gasteiger partial charge on any atom is -0.352 e. The summed E-state index contributed by atoms with van der Waals surface area (Å²) in [5, 5.41) is 3.29. The lowest BCUT2D eigenvalue weighted by molar-refractivity contribution is -0.128. The van der Waals surface area contributed by atoms with Crippen molar-refractivity contribution >= 4 is 16.9 Å². The van der Waals surface area contributed by atoms with E-state index in [-0.39, 0.29) is 29.0 Å². The third-order valence-electron chi connectivity index (χ3n) is 12.3. The predicted molar refractivity (Wildman–Crippen MR) is 201 cm³/mol. The quantitative estimate of drug-likeness (QED) is 0.259. The van der Waals surface area contributed by atoms with E-state index >= 15 is 0 Å². The Labute approximate surface area is 304 Å². The van der Waals surface area contributed by atoms with E-state index in [1.165, 1.54) is 46.4 Å². The summed E-state index contributed by atoms with van der Waals surface area (Å²) in [6.45, 7) is 5.41. The molecule has 2 aromatic heterocycles. The van der Waals surface area contributed by atoms with E-state index in [9.17, 15) is 18.8 Å². The molecule has 4 fully saturated rings. The van der Waals surface area contributed by atoms with Gasteiger partial charge in [-0.25, -0.2) is 18.7 Å². The first kappa shape index (κ1) is 34.9. The van der Waals surface area contributed by atoms with E-state index in [0.717, 1.165) is 68.9 Å². The van der Waals surface area contributed by atoms with Crippen molar-refractivity contribution in [2.24, 2.45) is 0 Å². The van der Waals surface area contributed by atoms with Crippen molar-refractivity contribution in [1.82, 2.24) is 34.1 Å². The average molecular weight is 708 g/mol. The van der Waals surface area contributed by atoms with E-state index in [0.29, 0.717) is 31.4 Å². The molecule has 3 aliphatic carbocycles. The van der Waals surface area contributed by atoms with Gasteiger partial charge in [0.2, 0.25) is 5.91 Å². The van der Waals surface area contributed by atoms with Crippen molar-refractivity contribution in [1.29, 1.82) is 0 Å². The number of pyridine rings is 1. The standard InChI is InChI=1S/C41H50FN7O3/c1-45(2)41(18-19-41)39(51)44-32-14-16-34(17-15-32)49-38(50)36-25-31(42)26-43-37(36)48(40(49)52)35-9-5-6-30(24-35)29-12-10-28(11-13-29)27-46-20-22-47(23-21-46)33-7-3-4-8-33/h5-6,9-13,24-26,32-34H,3-4,7-8,14-23,27H2,1-2H3,(H,44,51). The number of rotatable bonds is 9. The van der Waals surface area contributed by atoms with Crippen LogP contribution in [0, 0.1) is 5.82 Å². The molecular weight excluding hydrogens is 657 g/mol. The summed E-state index contributed by atoms with van der Waals surface area (Å²) in [5.74, 6) is -0.581. The molecule has 1 N–H and O–H groups in total. The van der Waals surface area contributed by atoms with Gasteiger partial charge >= 0.3 is 5.69 Å². The molecule has 0 radical (unpaired) electrons. The van der Waals surface area contributed by atoms with E-state index in [1.54, 1.807) is 0 Å². The molecule has 8 rings (SSSR count). The number of carbonyl (C=O) groups excluding carboxylic acids is 1. The van der Waals surface area contributed by atoms with Crippen LogP contribution in [0.4, 0.5) is 4.39 Å². The number of carbonyl (C=O) groups is 1. The first-order chi connectivity index (χ1) is 25.2. The monoisotopic (exact) mass is 707 g/mol. The fraction of sp³-hybridized carbons (Fsp3) is 0.512. The first-order valence-corrected chi connectivity index (χ1v) is 19.2. The zero-order valence-corrected chi connectivity index (χ0v) is 30.4. The minimum atomic E-state index is -0.632. The van der Waals surface area contributed by atoms with Crippen molar-refractivity contribution < 1.29 is 9.18 Å². The summed E-state index contributed by atoms with van der Waals surface area (Å²) in [6.07, 6.45) is 10.6. The highest BCUT2D eigenvalue weighted by molar-refractivity contribution is 5.89. The Morgan fingerprint density at radius 1 is 0.885 bits per heavy atom. The van der Waals surface area contributed by atoms with Gasteiger partial charge in [0.05, 0.1) is 22.8 Å². The minimum absolute atomic E-state index is 0.0199. The molecule has 0 atom stereocenters. The van der Waals surface area contributed by atoms with Gasteiger partial charge in [0.25, 0.3) is 5.56 Å². The van der Waals surface area contributed by atoms with Crippen LogP contribution in [0.5, 0.6) is 0 Å². The Morgan fingerprint density at radius 3 is 2.27 bits per heavy atom. The SMILES string of the molecule is CN(C)C1(C(=O)NC2CCC(n3c(=O)c4cc(F)cnc4n(-c4cccc(-c5ccc(CN6CCN(C7CCCC7)CC6)cc5)c4)c3=O)CC2)CC1. The molecule has 3 saturated carbocycles. The molecule has 1 saturated heterocycles. The number of amides is 1. The lowest BCUT2D eigenvalue weighted by Crippen LogP contribution is -2.50. The van der Waals surface area contributed by atoms with Crippen LogP contribution in [-0.4, -0.2) is 92.6 Å². The van der Waals surface area contributed by atoms with E-state index < -0.39 is 22.6 Å². The molecule has 1 aliphatic heterocycles. The van der Waals surface area contributed by atoms with Crippen LogP contribution in [0.15, 0.2) is 70.4 Å². The Kier molecular flexibility index (Phi) is 9.61. The van der Waals surface area contributed by atoms with Gasteiger partial charge in [-0.3, -0.25) is 28.9 Å². The molecule has 0 unspecified atom stereocenters. The maximum Gasteiger partial charge on any atom is 0.337 e. The molecule has 274 valence electrons. The van der Waals surface area contributed by atoms with Crippen LogP contribution in [-0.2, 0) is 11.3 Å². The fourth-order valence-corrected chi connectivity index (χ4v) is 8.97. The number of hydrogen-bond donors (Lipinski definition) is 1. The first-order valence-electron chi connectivity index (χ1n) is 19.2. The number of hydrogen-bond acceptors (Lipinski definition) is 7. The largest absolute Gasteiger partial charge is 0.352 e. The van der Waals surface area contributed by atoms with Gasteiger partial charge in [-0.05, 0) is 100 Å². The van der Waals surface area contributed by atoms with Gasteiger partial charge in [-0.2, -0.15) is 0 Å². The maximum absolute atomic E-state index is 14.6. The molecule has 4 aromatic rings. The van der Waals surface area contributed by atoms with Gasteiger partial charge in [0.15, 0.2) is 5.65 Å². The predicted octanol–water partition coefficient (Wildman–Crippen LogP) is 5.11. The molecule has 3 heterocycles. The van der Waals surface area contributed by atoms with Gasteiger partial charge in [-0.1, -0.05) is 49.2 Å². The highest BCUT2D eigenvalue weighted by Gasteiger charge is 2.52. The number of likely N-dealkylation sites (N-methyl/N-ethyl adjacent to an activating group) is 1. The summed E-state index contributed by atoms with van der Waals surface area (Å²) < 4.78 is 17.3. The number of benzene rings is 2. The lowest BCUT2D eigenvalue weighted by Gasteiger charge is -2.38. The number of aromatic nitrogens is 3. The van der Waals surface area contributed by atoms with Crippen molar-refractivity contribution in [3.05, 3.63) is 93.0 Å². The number of halogens is 1. The normalized spacial score (nSPS) is 22.6. The summed E-state index contributed by atoms with van der Waals surface area (Å²) >= 11 is 0. The third kappa shape index (κ3) is 6.74. The number of fused-ring (bicyclic) bond motifs is 1. The molecule has 4 aliphatic rings. The van der Waals surface area contributed by atoms with Crippen molar-refractivity contribution in [2.75, 3.05) is 40.3 Å². The summed E-state index contributed by atoms with van der Waals surface area (Å²) in [4.78, 5) is 52.7. The van der Waals surface area contributed by atoms with Crippen LogP contribution in [0.25, 0.3) is 27.8 Å². The highest BCUT2D eigenvalue weighted by Crippen LogP contribution is 2.41. The Bertz CT molecular complexity index is 2050. The van der Waals surface area contributed by atoms with Crippen LogP contribution in [0.2, 0.25) is 0 Å². The van der Waals surface area contributed by atoms with Crippen LogP contribution >= 0.6 is 0 Å². The van der Waals surface area contributed by atoms with Crippen molar-refractivity contribution in [2.45, 2.75) is 94.4 Å². The van der Waals surface area contributed by atoms with Crippen LogP contribution < -0.4 is 16.6 Å². The van der Waals surface area contributed by atoms with Crippen LogP contribution in [0.3, 0.4) is 0 Å². The number of nitrogens with zero attached hydrogens (tertiary/aromatic N) is 6. The van der Waals surface area contributed by atoms with E-state index in [1.807, 2.05) is 43.3 Å². The topological polar surface area (TPSA) is 95.7 Å². The van der Waals surface area contributed by atoms with Crippen molar-refractivity contribution in [3.63, 3.8) is 0 Å². The number of piperazine rings is 1. The molecule has 52 heavy (non-hydrogen) atoms. The second-order valence-electron chi connectivity index (χ2n) is 15.7. The van der Waals surface area contributed by atoms with Gasteiger partial charge in [-0.15, -0.1) is 0 Å². The fourth-order valence-electron chi connectivity index (χ4n) is 8.97. The average Bonchev–Trinajstić information content (AvgIpc) is 3.81. The van der Waals surface area contributed by atoms with Crippen molar-refractivity contribution in [3.8, 4) is 16.8 Å². The third-order valence-corrected chi connectivity index (χ3v) is 12.3. The van der Waals surface area contributed by atoms with E-state index in [2.05, 4.69) is 44.4 Å². The molecule has 0 bridgehead atoms. The highest BCUT2D eigenvalue weighted by atomic mass is 19.1. The number of nitrogens with one attached hydrogen (secondary N) is 1. The molecule has 10 nitrogen and oxygen atoms in total. The summed E-state index contributed by atoms with van der Waals surface area (Å²) in [6, 6.07) is 17.8. The zero-order chi connectivity index (χ0) is 36.0. The van der Waals surface area contributed by atoms with Crippen LogP contribution in [0.1, 0.15) is 75.8 Å². The van der Waals surface area contributed by atoms with Gasteiger partial charge in [0.1, 0.15) is 5.82 Å². The lowest BCUT2D eigenvalue weighted by atomic mass is 9.90. The Balaban J connectivity index is 1.01. The molecule has 0 spiro atoms. The van der Waals surface area contributed by atoms with E-state index in [4.69, 9.17) is 0 Å². The Hall–Kier alpha value is -4.19. The molecule has 1 amide bonds. The molecular formula is C41H50FN7O3. The zero-order valence-electron chi connectivity index (χ0n) is 30.4. The smallest absolute Gasteiger partial charge is 0.337 e. The molecule has 2 aromatic carbocycles. The summed E-state index contributed by atoms with van der Waals surface area (Å²) in [7, 11) is 3.87.